The maximum atomic E-state index is 11.3. The molecule has 2 aromatic carbocycles. The molecule has 2 atom stereocenters. The van der Waals surface area contributed by atoms with Crippen molar-refractivity contribution in [3.8, 4) is 6.07 Å². The molecule has 1 aromatic heterocycles. The van der Waals surface area contributed by atoms with Gasteiger partial charge in [-0.15, -0.1) is 12.4 Å². The van der Waals surface area contributed by atoms with E-state index in [-0.39, 0.29) is 18.4 Å². The second-order valence-electron chi connectivity index (χ2n) is 7.61. The van der Waals surface area contributed by atoms with E-state index in [1.54, 1.807) is 0 Å². The number of para-hydroxylation sites is 1. The number of nitriles is 1. The Bertz CT molecular complexity index is 973. The van der Waals surface area contributed by atoms with Gasteiger partial charge >= 0.3 is 0 Å². The van der Waals surface area contributed by atoms with Crippen LogP contribution in [0.1, 0.15) is 17.2 Å². The quantitative estimate of drug-likeness (QED) is 0.702. The third-order valence-electron chi connectivity index (χ3n) is 5.71. The molecule has 0 bridgehead atoms. The van der Waals surface area contributed by atoms with Gasteiger partial charge in [0.15, 0.2) is 0 Å². The highest BCUT2D eigenvalue weighted by Gasteiger charge is 2.28. The Balaban J connectivity index is 0.00000240. The molecule has 1 N–H and O–H groups in total. The predicted molar refractivity (Wildman–Crippen MR) is 118 cm³/mol. The van der Waals surface area contributed by atoms with E-state index >= 15 is 0 Å². The first-order valence-electron chi connectivity index (χ1n) is 9.81. The molecule has 0 spiro atoms. The number of aliphatic hydroxyl groups is 1. The van der Waals surface area contributed by atoms with Crippen LogP contribution in [0, 0.1) is 11.3 Å². The predicted octanol–water partition coefficient (Wildman–Crippen LogP) is 3.13. The Kier molecular flexibility index (Phi) is 6.94. The molecule has 1 fully saturated rings. The summed E-state index contributed by atoms with van der Waals surface area (Å²) in [7, 11) is 2.13. The van der Waals surface area contributed by atoms with Gasteiger partial charge in [-0.25, -0.2) is 0 Å². The highest BCUT2D eigenvalue weighted by atomic mass is 35.5. The number of hydrogen-bond acceptors (Lipinski definition) is 4. The minimum Gasteiger partial charge on any atom is -0.389 e. The maximum Gasteiger partial charge on any atom is 0.101 e. The summed E-state index contributed by atoms with van der Waals surface area (Å²) in [4.78, 5) is 4.65. The Morgan fingerprint density at radius 1 is 1.00 bits per heavy atom. The van der Waals surface area contributed by atoms with Crippen LogP contribution < -0.4 is 0 Å². The second kappa shape index (κ2) is 9.43. The number of aliphatic hydroxyl groups excluding tert-OH is 1. The number of nitrogens with zero attached hydrogens (tertiary/aromatic N) is 4. The van der Waals surface area contributed by atoms with Crippen LogP contribution >= 0.6 is 12.4 Å². The molecule has 1 saturated heterocycles. The first-order valence-corrected chi connectivity index (χ1v) is 9.81. The third-order valence-corrected chi connectivity index (χ3v) is 5.71. The minimum absolute atomic E-state index is 0. The molecule has 5 nitrogen and oxygen atoms in total. The van der Waals surface area contributed by atoms with Crippen LogP contribution in [-0.2, 0) is 0 Å². The molecular weight excluding hydrogens is 384 g/mol. The summed E-state index contributed by atoms with van der Waals surface area (Å²) in [6.45, 7) is 4.58. The number of likely N-dealkylation sites (N-methyl/N-ethyl adjacent to an activating group) is 1. The lowest BCUT2D eigenvalue weighted by Crippen LogP contribution is -2.48. The number of β-amino-alcohol motifs (C(OH)–C–C–N with tert-alkyl or cyclic N) is 1. The van der Waals surface area contributed by atoms with E-state index in [1.165, 1.54) is 0 Å². The summed E-state index contributed by atoms with van der Waals surface area (Å²) < 4.78 is 2.07. The Morgan fingerprint density at radius 3 is 2.34 bits per heavy atom. The van der Waals surface area contributed by atoms with Crippen LogP contribution in [0.15, 0.2) is 60.8 Å². The second-order valence-corrected chi connectivity index (χ2v) is 7.61. The molecular formula is C23H27ClN4O. The summed E-state index contributed by atoms with van der Waals surface area (Å²) in [5, 5.41) is 21.8. The average molecular weight is 411 g/mol. The molecule has 0 amide bonds. The number of aromatic nitrogens is 1. The first kappa shape index (κ1) is 21.4. The van der Waals surface area contributed by atoms with Gasteiger partial charge in [0.2, 0.25) is 0 Å². The van der Waals surface area contributed by atoms with Crippen molar-refractivity contribution in [2.75, 3.05) is 39.8 Å². The molecule has 0 radical (unpaired) electrons. The van der Waals surface area contributed by atoms with E-state index in [0.29, 0.717) is 12.1 Å². The van der Waals surface area contributed by atoms with Crippen molar-refractivity contribution in [3.05, 3.63) is 71.9 Å². The highest BCUT2D eigenvalue weighted by molar-refractivity contribution is 5.86. The van der Waals surface area contributed by atoms with Crippen LogP contribution in [0.2, 0.25) is 0 Å². The van der Waals surface area contributed by atoms with Crippen LogP contribution in [0.3, 0.4) is 0 Å². The van der Waals surface area contributed by atoms with Crippen molar-refractivity contribution in [2.24, 2.45) is 0 Å². The first-order chi connectivity index (χ1) is 13.7. The highest BCUT2D eigenvalue weighted by Crippen LogP contribution is 2.30. The molecule has 2 unspecified atom stereocenters. The van der Waals surface area contributed by atoms with Gasteiger partial charge in [0.05, 0.1) is 23.2 Å². The zero-order valence-electron chi connectivity index (χ0n) is 16.6. The van der Waals surface area contributed by atoms with Crippen LogP contribution in [-0.4, -0.2) is 65.3 Å². The van der Waals surface area contributed by atoms with Crippen molar-refractivity contribution in [2.45, 2.75) is 12.1 Å². The monoisotopic (exact) mass is 410 g/mol. The zero-order valence-corrected chi connectivity index (χ0v) is 17.4. The summed E-state index contributed by atoms with van der Waals surface area (Å²) in [6, 6.07) is 20.1. The van der Waals surface area contributed by atoms with Gasteiger partial charge < -0.3 is 14.6 Å². The normalized spacial score (nSPS) is 17.4. The lowest BCUT2D eigenvalue weighted by molar-refractivity contribution is 0.0594. The fourth-order valence-electron chi connectivity index (χ4n) is 4.14. The van der Waals surface area contributed by atoms with Crippen LogP contribution in [0.5, 0.6) is 0 Å². The lowest BCUT2D eigenvalue weighted by Gasteiger charge is -2.35. The third kappa shape index (κ3) is 4.47. The van der Waals surface area contributed by atoms with Crippen LogP contribution in [0.25, 0.3) is 10.9 Å². The van der Waals surface area contributed by atoms with Gasteiger partial charge in [0.25, 0.3) is 0 Å². The number of benzene rings is 2. The van der Waals surface area contributed by atoms with Gasteiger partial charge in [-0.1, -0.05) is 48.5 Å². The molecule has 1 aliphatic heterocycles. The minimum atomic E-state index is -0.576. The standard InChI is InChI=1S/C23H26N4O.ClH/c1-25-11-13-26(14-12-25)17-22(28)23(18-7-3-2-4-8-18)27-16-19(15-24)20-9-5-6-10-21(20)27;/h2-10,16,22-23,28H,11-14,17H2,1H3;1H. The zero-order chi connectivity index (χ0) is 19.5. The van der Waals surface area contributed by atoms with E-state index in [1.807, 2.05) is 48.7 Å². The van der Waals surface area contributed by atoms with E-state index < -0.39 is 6.10 Å². The van der Waals surface area contributed by atoms with Gasteiger partial charge in [-0.2, -0.15) is 5.26 Å². The molecule has 2 heterocycles. The SMILES string of the molecule is CN1CCN(CC(O)C(c2ccccc2)n2cc(C#N)c3ccccc32)CC1.Cl. The van der Waals surface area contributed by atoms with Crippen molar-refractivity contribution < 1.29 is 5.11 Å². The Labute approximate surface area is 178 Å². The van der Waals surface area contributed by atoms with E-state index in [4.69, 9.17) is 0 Å². The van der Waals surface area contributed by atoms with E-state index in [9.17, 15) is 10.4 Å². The smallest absolute Gasteiger partial charge is 0.101 e. The fourth-order valence-corrected chi connectivity index (χ4v) is 4.14. The number of halogens is 1. The molecule has 1 aliphatic rings. The van der Waals surface area contributed by atoms with E-state index in [0.717, 1.165) is 42.6 Å². The lowest BCUT2D eigenvalue weighted by atomic mass is 10.00. The average Bonchev–Trinajstić information content (AvgIpc) is 3.09. The van der Waals surface area contributed by atoms with Gasteiger partial charge in [0, 0.05) is 44.3 Å². The Hall–Kier alpha value is -2.36. The van der Waals surface area contributed by atoms with Gasteiger partial charge in [-0.3, -0.25) is 4.90 Å². The molecule has 6 heteroatoms. The summed E-state index contributed by atoms with van der Waals surface area (Å²) >= 11 is 0. The summed E-state index contributed by atoms with van der Waals surface area (Å²) in [5.74, 6) is 0. The molecule has 0 saturated carbocycles. The summed E-state index contributed by atoms with van der Waals surface area (Å²) in [6.07, 6.45) is 1.31. The molecule has 152 valence electrons. The van der Waals surface area contributed by atoms with Gasteiger partial charge in [-0.05, 0) is 18.7 Å². The van der Waals surface area contributed by atoms with Crippen LogP contribution in [0.4, 0.5) is 0 Å². The topological polar surface area (TPSA) is 55.4 Å². The van der Waals surface area contributed by atoms with E-state index in [2.05, 4.69) is 39.6 Å². The summed E-state index contributed by atoms with van der Waals surface area (Å²) in [5.41, 5.74) is 2.67. The Morgan fingerprint density at radius 2 is 1.66 bits per heavy atom. The van der Waals surface area contributed by atoms with Crippen molar-refractivity contribution in [1.29, 1.82) is 5.26 Å². The number of piperazine rings is 1. The van der Waals surface area contributed by atoms with Crippen molar-refractivity contribution >= 4 is 23.3 Å². The molecule has 4 rings (SSSR count). The number of fused-ring (bicyclic) bond motifs is 1. The van der Waals surface area contributed by atoms with Crippen molar-refractivity contribution in [1.82, 2.24) is 14.4 Å². The van der Waals surface area contributed by atoms with Gasteiger partial charge in [0.1, 0.15) is 6.07 Å². The molecule has 3 aromatic rings. The molecule has 29 heavy (non-hydrogen) atoms. The van der Waals surface area contributed by atoms with Crippen molar-refractivity contribution in [3.63, 3.8) is 0 Å². The number of hydrogen-bond donors (Lipinski definition) is 1. The number of rotatable bonds is 5. The largest absolute Gasteiger partial charge is 0.389 e. The molecule has 0 aliphatic carbocycles. The fraction of sp³-hybridized carbons (Fsp3) is 0.348. The maximum absolute atomic E-state index is 11.3.